The largest absolute Gasteiger partial charge is 0.355 e. The van der Waals surface area contributed by atoms with Crippen LogP contribution in [0.3, 0.4) is 0 Å². The number of guanidine groups is 1. The molecule has 7 heteroatoms. The fourth-order valence-electron chi connectivity index (χ4n) is 2.73. The Morgan fingerprint density at radius 2 is 1.75 bits per heavy atom. The van der Waals surface area contributed by atoms with E-state index in [9.17, 15) is 0 Å². The number of rotatable bonds is 7. The first-order valence-electron chi connectivity index (χ1n) is 8.71. The molecule has 0 bridgehead atoms. The summed E-state index contributed by atoms with van der Waals surface area (Å²) in [5, 5.41) is 6.99. The van der Waals surface area contributed by atoms with E-state index in [0.29, 0.717) is 12.0 Å². The van der Waals surface area contributed by atoms with Gasteiger partial charge >= 0.3 is 0 Å². The molecule has 1 saturated heterocycles. The Morgan fingerprint density at radius 1 is 1.17 bits per heavy atom. The smallest absolute Gasteiger partial charge is 0.191 e. The first-order chi connectivity index (χ1) is 10.8. The first-order valence-corrected chi connectivity index (χ1v) is 9.94. The lowest BCUT2D eigenvalue weighted by atomic mass is 10.0. The van der Waals surface area contributed by atoms with Crippen molar-refractivity contribution in [1.29, 1.82) is 0 Å². The highest BCUT2D eigenvalue weighted by atomic mass is 127. The molecule has 0 aliphatic carbocycles. The van der Waals surface area contributed by atoms with Crippen LogP contribution in [0, 0.1) is 5.92 Å². The molecule has 0 saturated carbocycles. The zero-order valence-electron chi connectivity index (χ0n) is 16.6. The monoisotopic (exact) mass is 471 g/mol. The summed E-state index contributed by atoms with van der Waals surface area (Å²) in [7, 11) is 4.06. The lowest BCUT2D eigenvalue weighted by Crippen LogP contribution is -2.55. The van der Waals surface area contributed by atoms with E-state index in [2.05, 4.69) is 66.4 Å². The van der Waals surface area contributed by atoms with Crippen molar-refractivity contribution in [3.8, 4) is 0 Å². The molecule has 0 radical (unpaired) electrons. The van der Waals surface area contributed by atoms with Gasteiger partial charge in [-0.3, -0.25) is 9.89 Å². The highest BCUT2D eigenvalue weighted by molar-refractivity contribution is 14.0. The van der Waals surface area contributed by atoms with Gasteiger partial charge in [0, 0.05) is 57.1 Å². The van der Waals surface area contributed by atoms with Crippen LogP contribution in [0.4, 0.5) is 0 Å². The van der Waals surface area contributed by atoms with Crippen LogP contribution in [0.2, 0.25) is 0 Å². The molecule has 0 amide bonds. The van der Waals surface area contributed by atoms with Gasteiger partial charge in [-0.2, -0.15) is 11.8 Å². The zero-order valence-corrected chi connectivity index (χ0v) is 19.7. The van der Waals surface area contributed by atoms with Crippen LogP contribution in [-0.2, 0) is 0 Å². The third-order valence-corrected chi connectivity index (χ3v) is 5.96. The summed E-state index contributed by atoms with van der Waals surface area (Å²) >= 11 is 1.87. The molecule has 0 spiro atoms. The molecule has 144 valence electrons. The third-order valence-electron chi connectivity index (χ3n) is 4.71. The SMILES string of the molecule is CN=C(NCC(C(C)C)N1CCN(C)CC1)NCC(C)(C)SC.I. The molecule has 0 aromatic heterocycles. The molecule has 1 fully saturated rings. The normalized spacial score (nSPS) is 19.1. The lowest BCUT2D eigenvalue weighted by Gasteiger charge is -2.40. The van der Waals surface area contributed by atoms with Gasteiger partial charge in [-0.1, -0.05) is 13.8 Å². The molecular weight excluding hydrogens is 433 g/mol. The van der Waals surface area contributed by atoms with Gasteiger partial charge in [-0.15, -0.1) is 24.0 Å². The Bertz CT molecular complexity index is 368. The van der Waals surface area contributed by atoms with Crippen LogP contribution in [0.25, 0.3) is 0 Å². The van der Waals surface area contributed by atoms with Crippen molar-refractivity contribution in [1.82, 2.24) is 20.4 Å². The molecule has 1 aliphatic heterocycles. The second-order valence-corrected chi connectivity index (χ2v) is 8.93. The topological polar surface area (TPSA) is 42.9 Å². The standard InChI is InChI=1S/C17H37N5S.HI/c1-14(2)15(22-10-8-21(6)9-11-22)12-19-16(18-5)20-13-17(3,4)23-7;/h14-15H,8-13H2,1-7H3,(H2,18,19,20);1H. The summed E-state index contributed by atoms with van der Waals surface area (Å²) in [6, 6.07) is 0.552. The quantitative estimate of drug-likeness (QED) is 0.339. The minimum atomic E-state index is 0. The predicted octanol–water partition coefficient (Wildman–Crippen LogP) is 2.18. The van der Waals surface area contributed by atoms with E-state index < -0.39 is 0 Å². The molecule has 2 N–H and O–H groups in total. The zero-order chi connectivity index (χ0) is 17.5. The van der Waals surface area contributed by atoms with E-state index in [0.717, 1.165) is 45.2 Å². The van der Waals surface area contributed by atoms with Gasteiger partial charge in [0.2, 0.25) is 0 Å². The Morgan fingerprint density at radius 3 is 2.21 bits per heavy atom. The number of thioether (sulfide) groups is 1. The van der Waals surface area contributed by atoms with Crippen molar-refractivity contribution < 1.29 is 0 Å². The van der Waals surface area contributed by atoms with Crippen LogP contribution >= 0.6 is 35.7 Å². The van der Waals surface area contributed by atoms with Gasteiger partial charge in [0.05, 0.1) is 0 Å². The Labute approximate surface area is 170 Å². The maximum Gasteiger partial charge on any atom is 0.191 e. The van der Waals surface area contributed by atoms with Gasteiger partial charge in [-0.05, 0) is 33.1 Å². The van der Waals surface area contributed by atoms with E-state index >= 15 is 0 Å². The number of nitrogens with one attached hydrogen (secondary N) is 2. The summed E-state index contributed by atoms with van der Waals surface area (Å²) in [5.74, 6) is 1.54. The number of likely N-dealkylation sites (N-methyl/N-ethyl adjacent to an activating group) is 1. The van der Waals surface area contributed by atoms with Crippen molar-refractivity contribution in [3.05, 3.63) is 0 Å². The average molecular weight is 471 g/mol. The van der Waals surface area contributed by atoms with Crippen LogP contribution in [0.1, 0.15) is 27.7 Å². The molecular formula is C17H38IN5S. The van der Waals surface area contributed by atoms with Crippen molar-refractivity contribution in [3.63, 3.8) is 0 Å². The Hall–Kier alpha value is 0.270. The fraction of sp³-hybridized carbons (Fsp3) is 0.941. The van der Waals surface area contributed by atoms with E-state index in [1.807, 2.05) is 18.8 Å². The van der Waals surface area contributed by atoms with E-state index in [4.69, 9.17) is 0 Å². The Balaban J connectivity index is 0.00000529. The van der Waals surface area contributed by atoms with Crippen LogP contribution in [-0.4, -0.2) is 86.2 Å². The maximum atomic E-state index is 4.37. The van der Waals surface area contributed by atoms with Crippen molar-refractivity contribution in [2.45, 2.75) is 38.5 Å². The average Bonchev–Trinajstić information content (AvgIpc) is 2.51. The number of aliphatic imine (C=N–C) groups is 1. The predicted molar refractivity (Wildman–Crippen MR) is 120 cm³/mol. The molecule has 5 nitrogen and oxygen atoms in total. The van der Waals surface area contributed by atoms with Gasteiger partial charge in [0.25, 0.3) is 0 Å². The van der Waals surface area contributed by atoms with Crippen LogP contribution in [0.15, 0.2) is 4.99 Å². The first kappa shape index (κ1) is 24.3. The third kappa shape index (κ3) is 8.58. The van der Waals surface area contributed by atoms with E-state index in [1.165, 1.54) is 0 Å². The van der Waals surface area contributed by atoms with Gasteiger partial charge in [-0.25, -0.2) is 0 Å². The molecule has 1 unspecified atom stereocenters. The molecule has 0 aromatic rings. The Kier molecular flexibility index (Phi) is 11.9. The van der Waals surface area contributed by atoms with Crippen LogP contribution in [0.5, 0.6) is 0 Å². The summed E-state index contributed by atoms with van der Waals surface area (Å²) in [6.45, 7) is 15.6. The minimum absolute atomic E-state index is 0. The van der Waals surface area contributed by atoms with Crippen molar-refractivity contribution in [2.75, 3.05) is 59.6 Å². The van der Waals surface area contributed by atoms with Gasteiger partial charge < -0.3 is 15.5 Å². The molecule has 1 heterocycles. The maximum absolute atomic E-state index is 4.37. The number of piperazine rings is 1. The van der Waals surface area contributed by atoms with Crippen molar-refractivity contribution >= 4 is 41.7 Å². The van der Waals surface area contributed by atoms with E-state index in [1.54, 1.807) is 0 Å². The highest BCUT2D eigenvalue weighted by Crippen LogP contribution is 2.19. The molecule has 1 atom stereocenters. The van der Waals surface area contributed by atoms with Crippen molar-refractivity contribution in [2.24, 2.45) is 10.9 Å². The van der Waals surface area contributed by atoms with Gasteiger partial charge in [0.1, 0.15) is 0 Å². The summed E-state index contributed by atoms with van der Waals surface area (Å²) < 4.78 is 0.215. The number of halogens is 1. The molecule has 1 rings (SSSR count). The number of hydrogen-bond acceptors (Lipinski definition) is 4. The fourth-order valence-corrected chi connectivity index (χ4v) is 2.95. The number of nitrogens with zero attached hydrogens (tertiary/aromatic N) is 3. The second kappa shape index (κ2) is 11.8. The highest BCUT2D eigenvalue weighted by Gasteiger charge is 2.25. The summed E-state index contributed by atoms with van der Waals surface area (Å²) in [6.07, 6.45) is 2.15. The molecule has 0 aromatic carbocycles. The van der Waals surface area contributed by atoms with E-state index in [-0.39, 0.29) is 28.7 Å². The lowest BCUT2D eigenvalue weighted by molar-refractivity contribution is 0.0900. The number of hydrogen-bond donors (Lipinski definition) is 2. The summed E-state index contributed by atoms with van der Waals surface area (Å²) in [4.78, 5) is 9.40. The second-order valence-electron chi connectivity index (χ2n) is 7.42. The molecule has 24 heavy (non-hydrogen) atoms. The van der Waals surface area contributed by atoms with Crippen LogP contribution < -0.4 is 10.6 Å². The minimum Gasteiger partial charge on any atom is -0.355 e. The van der Waals surface area contributed by atoms with Gasteiger partial charge in [0.15, 0.2) is 5.96 Å². The molecule has 1 aliphatic rings. The summed E-state index contributed by atoms with van der Waals surface area (Å²) in [5.41, 5.74) is 0.